The molecule has 0 spiro atoms. The summed E-state index contributed by atoms with van der Waals surface area (Å²) in [6.45, 7) is 0.213. The van der Waals surface area contributed by atoms with E-state index >= 15 is 0 Å². The SMILES string of the molecule is C#CCNC(=O)[C@@H]1CCC(=O)N1. The topological polar surface area (TPSA) is 58.2 Å². The van der Waals surface area contributed by atoms with Crippen molar-refractivity contribution in [3.63, 3.8) is 0 Å². The Balaban J connectivity index is 2.34. The lowest BCUT2D eigenvalue weighted by Gasteiger charge is -2.07. The van der Waals surface area contributed by atoms with E-state index in [9.17, 15) is 9.59 Å². The number of terminal acetylenes is 1. The highest BCUT2D eigenvalue weighted by atomic mass is 16.2. The number of amides is 2. The molecule has 1 fully saturated rings. The van der Waals surface area contributed by atoms with Gasteiger partial charge in [-0.05, 0) is 6.42 Å². The van der Waals surface area contributed by atoms with Crippen molar-refractivity contribution in [3.8, 4) is 12.3 Å². The highest BCUT2D eigenvalue weighted by Crippen LogP contribution is 2.05. The predicted octanol–water partition coefficient (Wildman–Crippen LogP) is -0.986. The van der Waals surface area contributed by atoms with Crippen molar-refractivity contribution in [2.75, 3.05) is 6.54 Å². The average Bonchev–Trinajstić information content (AvgIpc) is 2.47. The van der Waals surface area contributed by atoms with Gasteiger partial charge in [0.05, 0.1) is 6.54 Å². The molecular formula is C8H10N2O2. The minimum absolute atomic E-state index is 0.0733. The summed E-state index contributed by atoms with van der Waals surface area (Å²) in [4.78, 5) is 21.8. The standard InChI is InChI=1S/C8H10N2O2/c1-2-5-9-8(12)6-3-4-7(11)10-6/h1,6H,3-5H2,(H,9,12)(H,10,11)/t6-/m0/s1. The van der Waals surface area contributed by atoms with Crippen molar-refractivity contribution in [1.29, 1.82) is 0 Å². The molecule has 12 heavy (non-hydrogen) atoms. The highest BCUT2D eigenvalue weighted by Gasteiger charge is 2.26. The van der Waals surface area contributed by atoms with Crippen LogP contribution in [-0.4, -0.2) is 24.4 Å². The summed E-state index contributed by atoms with van der Waals surface area (Å²) in [7, 11) is 0. The molecule has 4 nitrogen and oxygen atoms in total. The van der Waals surface area contributed by atoms with Crippen LogP contribution in [0.15, 0.2) is 0 Å². The van der Waals surface area contributed by atoms with Gasteiger partial charge in [0.15, 0.2) is 0 Å². The normalized spacial score (nSPS) is 21.2. The highest BCUT2D eigenvalue weighted by molar-refractivity contribution is 5.90. The van der Waals surface area contributed by atoms with Gasteiger partial charge in [-0.2, -0.15) is 0 Å². The Morgan fingerprint density at radius 3 is 3.08 bits per heavy atom. The fourth-order valence-electron chi connectivity index (χ4n) is 1.07. The van der Waals surface area contributed by atoms with Gasteiger partial charge in [0.25, 0.3) is 0 Å². The van der Waals surface area contributed by atoms with Gasteiger partial charge >= 0.3 is 0 Å². The molecule has 1 heterocycles. The molecule has 0 saturated carbocycles. The quantitative estimate of drug-likeness (QED) is 0.518. The lowest BCUT2D eigenvalue weighted by Crippen LogP contribution is -2.41. The Morgan fingerprint density at radius 2 is 2.58 bits per heavy atom. The molecular weight excluding hydrogens is 156 g/mol. The summed E-state index contributed by atoms with van der Waals surface area (Å²) in [6, 6.07) is -0.383. The van der Waals surface area contributed by atoms with Crippen molar-refractivity contribution in [1.82, 2.24) is 10.6 Å². The van der Waals surface area contributed by atoms with Gasteiger partial charge in [-0.3, -0.25) is 9.59 Å². The first-order valence-electron chi connectivity index (χ1n) is 3.74. The van der Waals surface area contributed by atoms with Crippen molar-refractivity contribution in [3.05, 3.63) is 0 Å². The third-order valence-corrected chi connectivity index (χ3v) is 1.68. The number of hydrogen-bond acceptors (Lipinski definition) is 2. The van der Waals surface area contributed by atoms with Crippen LogP contribution >= 0.6 is 0 Å². The maximum atomic E-state index is 11.1. The largest absolute Gasteiger partial charge is 0.344 e. The van der Waals surface area contributed by atoms with Gasteiger partial charge in [-0.15, -0.1) is 6.42 Å². The van der Waals surface area contributed by atoms with E-state index in [4.69, 9.17) is 6.42 Å². The van der Waals surface area contributed by atoms with Gasteiger partial charge < -0.3 is 10.6 Å². The van der Waals surface area contributed by atoms with Gasteiger partial charge in [0.2, 0.25) is 11.8 Å². The molecule has 4 heteroatoms. The zero-order valence-corrected chi connectivity index (χ0v) is 6.59. The fraction of sp³-hybridized carbons (Fsp3) is 0.500. The molecule has 0 aromatic rings. The lowest BCUT2D eigenvalue weighted by molar-refractivity contribution is -0.125. The van der Waals surface area contributed by atoms with Crippen LogP contribution in [0.3, 0.4) is 0 Å². The molecule has 0 unspecified atom stereocenters. The lowest BCUT2D eigenvalue weighted by atomic mass is 10.2. The van der Waals surface area contributed by atoms with E-state index < -0.39 is 0 Å². The van der Waals surface area contributed by atoms with Gasteiger partial charge in [0.1, 0.15) is 6.04 Å². The van der Waals surface area contributed by atoms with Crippen molar-refractivity contribution >= 4 is 11.8 Å². The molecule has 1 aliphatic rings. The monoisotopic (exact) mass is 166 g/mol. The van der Waals surface area contributed by atoms with E-state index in [1.807, 2.05) is 0 Å². The number of nitrogens with one attached hydrogen (secondary N) is 2. The zero-order chi connectivity index (χ0) is 8.97. The van der Waals surface area contributed by atoms with Crippen molar-refractivity contribution in [2.45, 2.75) is 18.9 Å². The molecule has 0 aromatic heterocycles. The Labute approximate surface area is 70.7 Å². The van der Waals surface area contributed by atoms with Crippen LogP contribution in [-0.2, 0) is 9.59 Å². The van der Waals surface area contributed by atoms with Crippen LogP contribution in [0.5, 0.6) is 0 Å². The minimum Gasteiger partial charge on any atom is -0.344 e. The molecule has 0 bridgehead atoms. The van der Waals surface area contributed by atoms with Crippen molar-refractivity contribution < 1.29 is 9.59 Å². The number of hydrogen-bond donors (Lipinski definition) is 2. The van der Waals surface area contributed by atoms with E-state index in [1.54, 1.807) is 0 Å². The van der Waals surface area contributed by atoms with Crippen LogP contribution in [0.25, 0.3) is 0 Å². The Kier molecular flexibility index (Phi) is 2.70. The van der Waals surface area contributed by atoms with Crippen LogP contribution in [0, 0.1) is 12.3 Å². The maximum absolute atomic E-state index is 11.1. The van der Waals surface area contributed by atoms with E-state index in [-0.39, 0.29) is 24.4 Å². The van der Waals surface area contributed by atoms with E-state index in [0.717, 1.165) is 0 Å². The molecule has 1 atom stereocenters. The third-order valence-electron chi connectivity index (χ3n) is 1.68. The van der Waals surface area contributed by atoms with Crippen molar-refractivity contribution in [2.24, 2.45) is 0 Å². The summed E-state index contributed by atoms with van der Waals surface area (Å²) >= 11 is 0. The summed E-state index contributed by atoms with van der Waals surface area (Å²) < 4.78 is 0. The molecule has 0 aliphatic carbocycles. The first-order chi connectivity index (χ1) is 5.74. The minimum atomic E-state index is -0.383. The van der Waals surface area contributed by atoms with Crippen LogP contribution in [0.4, 0.5) is 0 Å². The van der Waals surface area contributed by atoms with Crippen LogP contribution in [0.2, 0.25) is 0 Å². The summed E-state index contributed by atoms with van der Waals surface area (Å²) in [5.41, 5.74) is 0. The zero-order valence-electron chi connectivity index (χ0n) is 6.59. The molecule has 2 N–H and O–H groups in total. The number of carbonyl (C=O) groups excluding carboxylic acids is 2. The average molecular weight is 166 g/mol. The molecule has 1 aliphatic heterocycles. The second kappa shape index (κ2) is 3.77. The molecule has 0 radical (unpaired) electrons. The molecule has 1 rings (SSSR count). The summed E-state index contributed by atoms with van der Waals surface area (Å²) in [5.74, 6) is 2.02. The van der Waals surface area contributed by atoms with Gasteiger partial charge in [-0.25, -0.2) is 0 Å². The second-order valence-electron chi connectivity index (χ2n) is 2.58. The van der Waals surface area contributed by atoms with E-state index in [2.05, 4.69) is 16.6 Å². The molecule has 2 amide bonds. The smallest absolute Gasteiger partial charge is 0.243 e. The van der Waals surface area contributed by atoms with E-state index in [0.29, 0.717) is 12.8 Å². The van der Waals surface area contributed by atoms with Gasteiger partial charge in [-0.1, -0.05) is 5.92 Å². The Bertz CT molecular complexity index is 242. The first kappa shape index (κ1) is 8.60. The number of carbonyl (C=O) groups is 2. The molecule has 0 aromatic carbocycles. The Morgan fingerprint density at radius 1 is 1.83 bits per heavy atom. The van der Waals surface area contributed by atoms with Gasteiger partial charge in [0, 0.05) is 6.42 Å². The predicted molar refractivity (Wildman–Crippen MR) is 43.0 cm³/mol. The van der Waals surface area contributed by atoms with Crippen LogP contribution < -0.4 is 10.6 Å². The Hall–Kier alpha value is -1.50. The number of rotatable bonds is 2. The van der Waals surface area contributed by atoms with Crippen LogP contribution in [0.1, 0.15) is 12.8 Å². The molecule has 1 saturated heterocycles. The first-order valence-corrected chi connectivity index (χ1v) is 3.74. The second-order valence-corrected chi connectivity index (χ2v) is 2.58. The third kappa shape index (κ3) is 1.99. The summed E-state index contributed by atoms with van der Waals surface area (Å²) in [5, 5.41) is 5.05. The summed E-state index contributed by atoms with van der Waals surface area (Å²) in [6.07, 6.45) is 5.94. The van der Waals surface area contributed by atoms with E-state index in [1.165, 1.54) is 0 Å². The molecule has 64 valence electrons. The maximum Gasteiger partial charge on any atom is 0.243 e. The fourth-order valence-corrected chi connectivity index (χ4v) is 1.07.